The first-order valence-corrected chi connectivity index (χ1v) is 5.14. The highest BCUT2D eigenvalue weighted by atomic mass is 16.2. The summed E-state index contributed by atoms with van der Waals surface area (Å²) < 4.78 is 0. The van der Waals surface area contributed by atoms with Crippen LogP contribution in [0, 0.1) is 5.92 Å². The summed E-state index contributed by atoms with van der Waals surface area (Å²) in [5.41, 5.74) is 0. The van der Waals surface area contributed by atoms with Gasteiger partial charge >= 0.3 is 0 Å². The molecule has 2 heterocycles. The lowest BCUT2D eigenvalue weighted by Gasteiger charge is -2.36. The van der Waals surface area contributed by atoms with Gasteiger partial charge in [0, 0.05) is 26.1 Å². The van der Waals surface area contributed by atoms with Gasteiger partial charge in [-0.2, -0.15) is 0 Å². The van der Waals surface area contributed by atoms with Crippen LogP contribution in [0.2, 0.25) is 0 Å². The Labute approximate surface area is 79.7 Å². The first kappa shape index (κ1) is 9.00. The molecule has 1 amide bonds. The minimum absolute atomic E-state index is 0.235. The van der Waals surface area contributed by atoms with Gasteiger partial charge in [0.2, 0.25) is 5.91 Å². The van der Waals surface area contributed by atoms with Gasteiger partial charge < -0.3 is 9.80 Å². The topological polar surface area (TPSA) is 23.6 Å². The number of nitrogens with zero attached hydrogens (tertiary/aromatic N) is 2. The van der Waals surface area contributed by atoms with Crippen molar-refractivity contribution < 1.29 is 4.79 Å². The molecule has 2 saturated heterocycles. The van der Waals surface area contributed by atoms with Crippen molar-refractivity contribution in [1.82, 2.24) is 9.80 Å². The maximum Gasteiger partial charge on any atom is 0.219 e. The highest BCUT2D eigenvalue weighted by Crippen LogP contribution is 2.30. The highest BCUT2D eigenvalue weighted by molar-refractivity contribution is 5.73. The highest BCUT2D eigenvalue weighted by Gasteiger charge is 2.36. The van der Waals surface area contributed by atoms with Crippen molar-refractivity contribution in [3.8, 4) is 0 Å². The Morgan fingerprint density at radius 1 is 1.31 bits per heavy atom. The van der Waals surface area contributed by atoms with E-state index in [1.165, 1.54) is 19.4 Å². The third-order valence-corrected chi connectivity index (χ3v) is 3.59. The molecule has 3 heteroatoms. The quantitative estimate of drug-likeness (QED) is 0.546. The van der Waals surface area contributed by atoms with Crippen molar-refractivity contribution in [1.29, 1.82) is 0 Å². The molecule has 3 nitrogen and oxygen atoms in total. The van der Waals surface area contributed by atoms with E-state index in [0.29, 0.717) is 6.04 Å². The predicted octanol–water partition coefficient (Wildman–Crippen LogP) is 0.559. The molecule has 0 spiro atoms. The summed E-state index contributed by atoms with van der Waals surface area (Å²) in [4.78, 5) is 15.6. The molecule has 2 rings (SSSR count). The number of amides is 1. The van der Waals surface area contributed by atoms with Gasteiger partial charge in [-0.05, 0) is 32.4 Å². The molecule has 0 bridgehead atoms. The van der Waals surface area contributed by atoms with E-state index in [2.05, 4.69) is 11.9 Å². The molecule has 0 aromatic rings. The average molecular weight is 182 g/mol. The monoisotopic (exact) mass is 182 g/mol. The van der Waals surface area contributed by atoms with Crippen LogP contribution in [0.4, 0.5) is 0 Å². The van der Waals surface area contributed by atoms with E-state index in [-0.39, 0.29) is 5.91 Å². The Kier molecular flexibility index (Phi) is 2.28. The van der Waals surface area contributed by atoms with Gasteiger partial charge in [-0.25, -0.2) is 0 Å². The first-order chi connectivity index (χ1) is 6.18. The maximum absolute atomic E-state index is 11.2. The van der Waals surface area contributed by atoms with Crippen LogP contribution in [0.15, 0.2) is 0 Å². The van der Waals surface area contributed by atoms with Gasteiger partial charge in [0.05, 0.1) is 0 Å². The molecule has 2 aliphatic rings. The van der Waals surface area contributed by atoms with Crippen LogP contribution in [-0.2, 0) is 4.79 Å². The molecular formula is C10H18N2O. The van der Waals surface area contributed by atoms with Crippen molar-refractivity contribution >= 4 is 5.91 Å². The van der Waals surface area contributed by atoms with Crippen molar-refractivity contribution in [2.75, 3.05) is 26.7 Å². The van der Waals surface area contributed by atoms with Gasteiger partial charge in [0.25, 0.3) is 0 Å². The lowest BCUT2D eigenvalue weighted by Crippen LogP contribution is -2.48. The molecule has 2 unspecified atom stereocenters. The summed E-state index contributed by atoms with van der Waals surface area (Å²) in [6.07, 6.45) is 2.53. The molecule has 2 aliphatic heterocycles. The molecule has 0 saturated carbocycles. The molecule has 2 fully saturated rings. The summed E-state index contributed by atoms with van der Waals surface area (Å²) in [5.74, 6) is 1.08. The lowest BCUT2D eigenvalue weighted by atomic mass is 9.92. The van der Waals surface area contributed by atoms with E-state index in [1.54, 1.807) is 6.92 Å². The zero-order chi connectivity index (χ0) is 9.42. The van der Waals surface area contributed by atoms with Crippen LogP contribution in [0.5, 0.6) is 0 Å². The molecule has 2 atom stereocenters. The number of hydrogen-bond acceptors (Lipinski definition) is 2. The fraction of sp³-hybridized carbons (Fsp3) is 0.900. The zero-order valence-electron chi connectivity index (χ0n) is 8.49. The lowest BCUT2D eigenvalue weighted by molar-refractivity contribution is -0.131. The van der Waals surface area contributed by atoms with E-state index in [4.69, 9.17) is 0 Å². The minimum atomic E-state index is 0.235. The Morgan fingerprint density at radius 2 is 2.00 bits per heavy atom. The molecule has 0 radical (unpaired) electrons. The standard InChI is InChI=1S/C10H18N2O/c1-8(13)12-6-4-9-3-5-11(2)10(9)7-12/h9-10H,3-7H2,1-2H3. The van der Waals surface area contributed by atoms with E-state index < -0.39 is 0 Å². The van der Waals surface area contributed by atoms with Crippen molar-refractivity contribution in [2.45, 2.75) is 25.8 Å². The van der Waals surface area contributed by atoms with E-state index in [9.17, 15) is 4.79 Å². The van der Waals surface area contributed by atoms with Crippen LogP contribution in [0.1, 0.15) is 19.8 Å². The summed E-state index contributed by atoms with van der Waals surface area (Å²) >= 11 is 0. The normalized spacial score (nSPS) is 34.8. The maximum atomic E-state index is 11.2. The second kappa shape index (κ2) is 3.29. The Bertz CT molecular complexity index is 217. The summed E-state index contributed by atoms with van der Waals surface area (Å²) in [7, 11) is 2.17. The van der Waals surface area contributed by atoms with Gasteiger partial charge in [0.15, 0.2) is 0 Å². The van der Waals surface area contributed by atoms with Gasteiger partial charge in [-0.1, -0.05) is 0 Å². The van der Waals surface area contributed by atoms with E-state index in [1.807, 2.05) is 4.90 Å². The van der Waals surface area contributed by atoms with Crippen LogP contribution in [0.25, 0.3) is 0 Å². The van der Waals surface area contributed by atoms with Gasteiger partial charge in [-0.3, -0.25) is 4.79 Å². The number of hydrogen-bond donors (Lipinski definition) is 0. The van der Waals surface area contributed by atoms with Crippen LogP contribution in [0.3, 0.4) is 0 Å². The van der Waals surface area contributed by atoms with Crippen LogP contribution in [-0.4, -0.2) is 48.4 Å². The number of carbonyl (C=O) groups excluding carboxylic acids is 1. The summed E-state index contributed by atoms with van der Waals surface area (Å²) in [6, 6.07) is 0.637. The van der Waals surface area contributed by atoms with Crippen molar-refractivity contribution in [3.05, 3.63) is 0 Å². The number of carbonyl (C=O) groups is 1. The fourth-order valence-corrected chi connectivity index (χ4v) is 2.64. The Balaban J connectivity index is 2.01. The number of likely N-dealkylation sites (tertiary alicyclic amines) is 2. The fourth-order valence-electron chi connectivity index (χ4n) is 2.64. The third kappa shape index (κ3) is 1.57. The Morgan fingerprint density at radius 3 is 2.69 bits per heavy atom. The minimum Gasteiger partial charge on any atom is -0.341 e. The smallest absolute Gasteiger partial charge is 0.219 e. The Hall–Kier alpha value is -0.570. The van der Waals surface area contributed by atoms with Crippen LogP contribution >= 0.6 is 0 Å². The summed E-state index contributed by atoms with van der Waals surface area (Å²) in [5, 5.41) is 0. The zero-order valence-corrected chi connectivity index (χ0v) is 8.49. The molecule has 0 aromatic heterocycles. The third-order valence-electron chi connectivity index (χ3n) is 3.59. The number of likely N-dealkylation sites (N-methyl/N-ethyl adjacent to an activating group) is 1. The largest absolute Gasteiger partial charge is 0.341 e. The predicted molar refractivity (Wildman–Crippen MR) is 51.4 cm³/mol. The molecule has 0 N–H and O–H groups in total. The van der Waals surface area contributed by atoms with Crippen molar-refractivity contribution in [3.63, 3.8) is 0 Å². The van der Waals surface area contributed by atoms with Gasteiger partial charge in [-0.15, -0.1) is 0 Å². The second-order valence-corrected chi connectivity index (χ2v) is 4.35. The van der Waals surface area contributed by atoms with Crippen LogP contribution < -0.4 is 0 Å². The number of rotatable bonds is 0. The molecule has 13 heavy (non-hydrogen) atoms. The van der Waals surface area contributed by atoms with Crippen molar-refractivity contribution in [2.24, 2.45) is 5.92 Å². The number of fused-ring (bicyclic) bond motifs is 1. The molecule has 74 valence electrons. The summed E-state index contributed by atoms with van der Waals surface area (Å²) in [6.45, 7) is 4.82. The second-order valence-electron chi connectivity index (χ2n) is 4.35. The number of piperidine rings is 1. The molecule has 0 aromatic carbocycles. The molecule has 0 aliphatic carbocycles. The van der Waals surface area contributed by atoms with E-state index >= 15 is 0 Å². The SMILES string of the molecule is CC(=O)N1CCC2CCN(C)C2C1. The van der Waals surface area contributed by atoms with Gasteiger partial charge in [0.1, 0.15) is 0 Å². The average Bonchev–Trinajstić information content (AvgIpc) is 2.47. The van der Waals surface area contributed by atoms with E-state index in [0.717, 1.165) is 19.0 Å². The molecular weight excluding hydrogens is 164 g/mol. The first-order valence-electron chi connectivity index (χ1n) is 5.14.